The smallest absolute Gasteiger partial charge is 0.257 e. The van der Waals surface area contributed by atoms with Crippen molar-refractivity contribution in [3.05, 3.63) is 23.8 Å². The number of carbonyl (C=O) groups is 1. The number of methoxy groups -OCH3 is 1. The molecule has 1 fully saturated rings. The van der Waals surface area contributed by atoms with Crippen LogP contribution in [-0.2, 0) is 10.0 Å². The second-order valence-electron chi connectivity index (χ2n) is 6.15. The Kier molecular flexibility index (Phi) is 6.23. The van der Waals surface area contributed by atoms with E-state index < -0.39 is 10.0 Å². The Hall–Kier alpha value is -1.60. The van der Waals surface area contributed by atoms with Crippen molar-refractivity contribution >= 4 is 15.9 Å². The van der Waals surface area contributed by atoms with E-state index in [2.05, 4.69) is 4.72 Å². The summed E-state index contributed by atoms with van der Waals surface area (Å²) >= 11 is 0. The van der Waals surface area contributed by atoms with Crippen LogP contribution in [0, 0.1) is 0 Å². The summed E-state index contributed by atoms with van der Waals surface area (Å²) in [6.07, 6.45) is 3.76. The molecular weight excluding hydrogens is 328 g/mol. The number of nitrogens with one attached hydrogen (secondary N) is 1. The molecule has 0 unspecified atom stereocenters. The van der Waals surface area contributed by atoms with Crippen molar-refractivity contribution in [2.45, 2.75) is 50.5 Å². The van der Waals surface area contributed by atoms with Crippen molar-refractivity contribution in [1.82, 2.24) is 9.62 Å². The van der Waals surface area contributed by atoms with Crippen molar-refractivity contribution < 1.29 is 17.9 Å². The Labute approximate surface area is 144 Å². The fourth-order valence-corrected chi connectivity index (χ4v) is 4.06. The van der Waals surface area contributed by atoms with Crippen LogP contribution in [-0.4, -0.2) is 45.5 Å². The maximum Gasteiger partial charge on any atom is 0.257 e. The lowest BCUT2D eigenvalue weighted by atomic mass is 10.1. The van der Waals surface area contributed by atoms with E-state index in [0.29, 0.717) is 30.8 Å². The molecule has 1 amide bonds. The zero-order chi connectivity index (χ0) is 17.7. The van der Waals surface area contributed by atoms with Crippen LogP contribution in [0.3, 0.4) is 0 Å². The average Bonchev–Trinajstić information content (AvgIpc) is 2.60. The maximum atomic E-state index is 12.8. The predicted octanol–water partition coefficient (Wildman–Crippen LogP) is 2.40. The number of carbonyl (C=O) groups excluding carboxylic acids is 1. The third-order valence-electron chi connectivity index (χ3n) is 4.32. The lowest BCUT2D eigenvalue weighted by Gasteiger charge is -2.27. The highest BCUT2D eigenvalue weighted by Gasteiger charge is 2.25. The van der Waals surface area contributed by atoms with E-state index in [1.54, 1.807) is 17.9 Å². The molecular formula is C17H26N2O4S. The van der Waals surface area contributed by atoms with Gasteiger partial charge in [-0.2, -0.15) is 0 Å². The number of sulfonamides is 1. The number of benzene rings is 1. The summed E-state index contributed by atoms with van der Waals surface area (Å²) in [5.74, 6) is 0.222. The number of piperidine rings is 1. The van der Waals surface area contributed by atoms with Gasteiger partial charge in [-0.15, -0.1) is 0 Å². The maximum absolute atomic E-state index is 12.8. The largest absolute Gasteiger partial charge is 0.496 e. The summed E-state index contributed by atoms with van der Waals surface area (Å²) in [5.41, 5.74) is 0.298. The van der Waals surface area contributed by atoms with Crippen molar-refractivity contribution in [2.24, 2.45) is 0 Å². The molecule has 0 radical (unpaired) electrons. The van der Waals surface area contributed by atoms with Crippen LogP contribution < -0.4 is 9.46 Å². The number of rotatable bonds is 6. The van der Waals surface area contributed by atoms with Gasteiger partial charge in [0.15, 0.2) is 0 Å². The topological polar surface area (TPSA) is 75.7 Å². The van der Waals surface area contributed by atoms with Gasteiger partial charge in [0.25, 0.3) is 5.91 Å². The molecule has 6 nitrogen and oxygen atoms in total. The van der Waals surface area contributed by atoms with Gasteiger partial charge < -0.3 is 9.64 Å². The van der Waals surface area contributed by atoms with E-state index in [1.807, 2.05) is 6.92 Å². The van der Waals surface area contributed by atoms with Gasteiger partial charge in [-0.1, -0.05) is 6.92 Å². The van der Waals surface area contributed by atoms with Crippen LogP contribution in [0.5, 0.6) is 5.75 Å². The van der Waals surface area contributed by atoms with E-state index in [0.717, 1.165) is 19.3 Å². The average molecular weight is 354 g/mol. The van der Waals surface area contributed by atoms with Crippen LogP contribution in [0.15, 0.2) is 23.1 Å². The first-order chi connectivity index (χ1) is 11.4. The summed E-state index contributed by atoms with van der Waals surface area (Å²) in [5, 5.41) is 0. The van der Waals surface area contributed by atoms with Gasteiger partial charge in [0.1, 0.15) is 5.75 Å². The van der Waals surface area contributed by atoms with Crippen LogP contribution in [0.4, 0.5) is 0 Å². The summed E-state index contributed by atoms with van der Waals surface area (Å²) in [7, 11) is -2.18. The first-order valence-corrected chi connectivity index (χ1v) is 9.87. The second-order valence-corrected chi connectivity index (χ2v) is 7.86. The molecule has 1 aromatic carbocycles. The van der Waals surface area contributed by atoms with Gasteiger partial charge in [0, 0.05) is 19.1 Å². The van der Waals surface area contributed by atoms with E-state index in [-0.39, 0.29) is 16.8 Å². The molecule has 0 aliphatic carbocycles. The molecule has 1 N–H and O–H groups in total. The lowest BCUT2D eigenvalue weighted by molar-refractivity contribution is 0.0720. The van der Waals surface area contributed by atoms with E-state index in [9.17, 15) is 13.2 Å². The normalized spacial score (nSPS) is 16.7. The van der Waals surface area contributed by atoms with Gasteiger partial charge in [-0.05, 0) is 50.8 Å². The first-order valence-electron chi connectivity index (χ1n) is 8.38. The minimum absolute atomic E-state index is 0.0870. The summed E-state index contributed by atoms with van der Waals surface area (Å²) in [6.45, 7) is 5.11. The quantitative estimate of drug-likeness (QED) is 0.851. The molecule has 7 heteroatoms. The van der Waals surface area contributed by atoms with Crippen LogP contribution in [0.1, 0.15) is 49.9 Å². The summed E-state index contributed by atoms with van der Waals surface area (Å²) in [4.78, 5) is 14.6. The zero-order valence-electron chi connectivity index (χ0n) is 14.5. The van der Waals surface area contributed by atoms with E-state index in [1.165, 1.54) is 19.2 Å². The fourth-order valence-electron chi connectivity index (χ4n) is 2.70. The Bertz CT molecular complexity index is 682. The Morgan fingerprint density at radius 1 is 1.29 bits per heavy atom. The van der Waals surface area contributed by atoms with Gasteiger partial charge in [-0.25, -0.2) is 13.1 Å². The van der Waals surface area contributed by atoms with Crippen molar-refractivity contribution in [2.75, 3.05) is 20.2 Å². The van der Waals surface area contributed by atoms with Gasteiger partial charge in [0.05, 0.1) is 17.6 Å². The number of ether oxygens (including phenoxy) is 1. The number of hydrogen-bond acceptors (Lipinski definition) is 4. The molecule has 0 saturated carbocycles. The molecule has 134 valence electrons. The molecule has 1 aromatic rings. The molecule has 1 heterocycles. The van der Waals surface area contributed by atoms with Crippen molar-refractivity contribution in [3.8, 4) is 5.75 Å². The molecule has 1 atom stereocenters. The summed E-state index contributed by atoms with van der Waals surface area (Å²) < 4.78 is 32.8. The van der Waals surface area contributed by atoms with Crippen LogP contribution in [0.25, 0.3) is 0 Å². The van der Waals surface area contributed by atoms with Gasteiger partial charge in [0.2, 0.25) is 10.0 Å². The Morgan fingerprint density at radius 3 is 2.54 bits per heavy atom. The van der Waals surface area contributed by atoms with E-state index in [4.69, 9.17) is 4.74 Å². The molecule has 1 aliphatic heterocycles. The minimum Gasteiger partial charge on any atom is -0.496 e. The Morgan fingerprint density at radius 2 is 1.96 bits per heavy atom. The fraction of sp³-hybridized carbons (Fsp3) is 0.588. The predicted molar refractivity (Wildman–Crippen MR) is 92.8 cm³/mol. The Balaban J connectivity index is 2.35. The molecule has 2 rings (SSSR count). The van der Waals surface area contributed by atoms with Gasteiger partial charge >= 0.3 is 0 Å². The molecule has 24 heavy (non-hydrogen) atoms. The minimum atomic E-state index is -3.66. The molecule has 0 aromatic heterocycles. The standard InChI is InChI=1S/C17H26N2O4S/c1-4-13(2)18-24(21,22)14-8-9-16(23-3)15(12-14)17(20)19-10-6-5-7-11-19/h8-9,12-13,18H,4-7,10-11H2,1-3H3/t13-/m0/s1. The highest BCUT2D eigenvalue weighted by atomic mass is 32.2. The number of hydrogen-bond donors (Lipinski definition) is 1. The third kappa shape index (κ3) is 4.27. The summed E-state index contributed by atoms with van der Waals surface area (Å²) in [6, 6.07) is 4.26. The van der Waals surface area contributed by atoms with Crippen molar-refractivity contribution in [3.63, 3.8) is 0 Å². The zero-order valence-corrected chi connectivity index (χ0v) is 15.4. The molecule has 1 aliphatic rings. The van der Waals surface area contributed by atoms with Gasteiger partial charge in [-0.3, -0.25) is 4.79 Å². The van der Waals surface area contributed by atoms with Crippen molar-refractivity contribution in [1.29, 1.82) is 0 Å². The lowest BCUT2D eigenvalue weighted by Crippen LogP contribution is -2.36. The molecule has 1 saturated heterocycles. The van der Waals surface area contributed by atoms with Crippen LogP contribution in [0.2, 0.25) is 0 Å². The number of nitrogens with zero attached hydrogens (tertiary/aromatic N) is 1. The number of amides is 1. The highest BCUT2D eigenvalue weighted by Crippen LogP contribution is 2.25. The molecule has 0 bridgehead atoms. The SMILES string of the molecule is CC[C@H](C)NS(=O)(=O)c1ccc(OC)c(C(=O)N2CCCCC2)c1. The number of likely N-dealkylation sites (tertiary alicyclic amines) is 1. The monoisotopic (exact) mass is 354 g/mol. The first kappa shape index (κ1) is 18.7. The molecule has 0 spiro atoms. The second kappa shape index (κ2) is 7.98. The van der Waals surface area contributed by atoms with E-state index >= 15 is 0 Å². The highest BCUT2D eigenvalue weighted by molar-refractivity contribution is 7.89. The third-order valence-corrected chi connectivity index (χ3v) is 5.91. The van der Waals surface area contributed by atoms with Crippen LogP contribution >= 0.6 is 0 Å².